The Morgan fingerprint density at radius 1 is 0.364 bits per heavy atom. The minimum atomic E-state index is 0.337. The van der Waals surface area contributed by atoms with Crippen LogP contribution in [0.15, 0.2) is 109 Å². The maximum absolute atomic E-state index is 5.95. The van der Waals surface area contributed by atoms with Gasteiger partial charge < -0.3 is 52.0 Å². The summed E-state index contributed by atoms with van der Waals surface area (Å²) in [6.45, 7) is 8.81. The normalized spacial score (nSPS) is 17.9. The molecule has 0 saturated heterocycles. The van der Waals surface area contributed by atoms with Crippen molar-refractivity contribution in [3.8, 4) is 0 Å². The third kappa shape index (κ3) is 23.3. The van der Waals surface area contributed by atoms with Gasteiger partial charge in [-0.25, -0.2) is 0 Å². The summed E-state index contributed by atoms with van der Waals surface area (Å²) in [4.78, 5) is 0. The predicted molar refractivity (Wildman–Crippen MR) is 289 cm³/mol. The van der Waals surface area contributed by atoms with E-state index >= 15 is 0 Å². The first kappa shape index (κ1) is 52.5. The first-order chi connectivity index (χ1) is 32.4. The summed E-state index contributed by atoms with van der Waals surface area (Å²) in [6, 6.07) is 38.3. The molecular weight excluding hydrogens is 897 g/mol. The Bertz CT molecular complexity index is 1740. The largest absolute Gasteiger partial charge is 0.377 e. The number of rotatable bonds is 14. The third-order valence-corrected chi connectivity index (χ3v) is 12.7. The zero-order valence-electron chi connectivity index (χ0n) is 38.6. The number of benzene rings is 4. The van der Waals surface area contributed by atoms with E-state index in [1.165, 1.54) is 33.4 Å². The van der Waals surface area contributed by atoms with Gasteiger partial charge in [-0.15, -0.1) is 0 Å². The van der Waals surface area contributed by atoms with E-state index < -0.39 is 0 Å². The van der Waals surface area contributed by atoms with Crippen molar-refractivity contribution in [3.63, 3.8) is 0 Å². The summed E-state index contributed by atoms with van der Waals surface area (Å²) < 4.78 is 11.9. The van der Waals surface area contributed by atoms with Crippen molar-refractivity contribution in [2.45, 2.75) is 77.4 Å². The minimum absolute atomic E-state index is 0.337. The molecule has 0 atom stereocenters. The predicted octanol–water partition coefficient (Wildman–Crippen LogP) is 7.43. The molecule has 0 unspecified atom stereocenters. The van der Waals surface area contributed by atoms with E-state index in [1.807, 2.05) is 36.4 Å². The van der Waals surface area contributed by atoms with Crippen LogP contribution in [0.2, 0.25) is 0 Å². The van der Waals surface area contributed by atoms with Crippen LogP contribution in [0.3, 0.4) is 0 Å². The van der Waals surface area contributed by atoms with E-state index in [4.69, 9.17) is 58.3 Å². The average Bonchev–Trinajstić information content (AvgIpc) is 3.33. The van der Waals surface area contributed by atoms with Crippen molar-refractivity contribution in [3.05, 3.63) is 143 Å². The van der Waals surface area contributed by atoms with Crippen molar-refractivity contribution in [1.82, 2.24) is 42.5 Å². The molecule has 0 aromatic heterocycles. The molecule has 4 aliphatic heterocycles. The van der Waals surface area contributed by atoms with E-state index in [1.54, 1.807) is 0 Å². The summed E-state index contributed by atoms with van der Waals surface area (Å²) >= 11 is 22.9. The number of ether oxygens (including phenoxy) is 2. The Hall–Kier alpha value is -4.44. The van der Waals surface area contributed by atoms with Crippen molar-refractivity contribution >= 4 is 69.3 Å². The summed E-state index contributed by atoms with van der Waals surface area (Å²) in [7, 11) is 0. The molecule has 0 aliphatic carbocycles. The Balaban J connectivity index is 1.10. The highest BCUT2D eigenvalue weighted by atomic mass is 32.1. The van der Waals surface area contributed by atoms with Gasteiger partial charge in [0.15, 0.2) is 20.4 Å². The highest BCUT2D eigenvalue weighted by Gasteiger charge is 2.13. The molecule has 66 heavy (non-hydrogen) atoms. The van der Waals surface area contributed by atoms with Crippen molar-refractivity contribution in [2.24, 2.45) is 11.8 Å². The van der Waals surface area contributed by atoms with Gasteiger partial charge in [-0.1, -0.05) is 122 Å². The van der Waals surface area contributed by atoms with E-state index in [0.29, 0.717) is 45.5 Å². The van der Waals surface area contributed by atoms with E-state index in [-0.39, 0.29) is 0 Å². The summed E-state index contributed by atoms with van der Waals surface area (Å²) in [5.74, 6) is 0.675. The Kier molecular flexibility index (Phi) is 25.7. The second-order valence-electron chi connectivity index (χ2n) is 17.0. The molecule has 0 amide bonds. The monoisotopic (exact) mass is 968 g/mol. The maximum atomic E-state index is 5.95. The summed E-state index contributed by atoms with van der Waals surface area (Å²) in [6.07, 6.45) is 9.70. The van der Waals surface area contributed by atoms with Crippen LogP contribution in [0.1, 0.15) is 71.9 Å². The lowest BCUT2D eigenvalue weighted by Gasteiger charge is -2.21. The Morgan fingerprint density at radius 3 is 0.939 bits per heavy atom. The number of hydrogen-bond acceptors (Lipinski definition) is 6. The Labute approximate surface area is 416 Å². The van der Waals surface area contributed by atoms with E-state index in [2.05, 4.69) is 115 Å². The van der Waals surface area contributed by atoms with Crippen molar-refractivity contribution in [1.29, 1.82) is 0 Å². The topological polar surface area (TPSA) is 115 Å². The van der Waals surface area contributed by atoms with Crippen LogP contribution in [0, 0.1) is 11.8 Å². The van der Waals surface area contributed by atoms with Gasteiger partial charge in [0.05, 0.1) is 13.2 Å². The second kappa shape index (κ2) is 32.3. The summed E-state index contributed by atoms with van der Waals surface area (Å²) in [5.41, 5.74) is 7.47. The first-order valence-electron chi connectivity index (χ1n) is 23.8. The van der Waals surface area contributed by atoms with Gasteiger partial charge in [0, 0.05) is 65.6 Å². The first-order valence-corrected chi connectivity index (χ1v) is 25.5. The highest BCUT2D eigenvalue weighted by molar-refractivity contribution is 7.80. The molecule has 4 bridgehead atoms. The molecule has 0 spiro atoms. The average molecular weight is 969 g/mol. The molecule has 356 valence electrons. The van der Waals surface area contributed by atoms with Gasteiger partial charge in [-0.2, -0.15) is 0 Å². The quantitative estimate of drug-likeness (QED) is 0.0474. The van der Waals surface area contributed by atoms with Crippen LogP contribution in [-0.2, 0) is 48.4 Å². The lowest BCUT2D eigenvalue weighted by Crippen LogP contribution is -2.43. The van der Waals surface area contributed by atoms with Crippen LogP contribution >= 0.6 is 48.9 Å². The van der Waals surface area contributed by atoms with Gasteiger partial charge in [-0.05, 0) is 145 Å². The lowest BCUT2D eigenvalue weighted by molar-refractivity contribution is 0.116. The standard InChI is InChI=1S/C52H72N8O2S4/c63-49-53-29-25-41-17-21-43(22-18-41)27-31-55-51(65)59-37-48(16-8-10-34-62-40-46-13-5-2-6-14-46)38-60-52(66)56-32-28-44-23-19-42(20-24-44)26-30-54-50(64)58-36-47(35-57-49)15-7-9-33-61-39-45-11-3-1-4-12-45/h1-6,11-14,17-24,47-48H,7-10,15-16,25-40H2,(H2,53,57,63)(H2,54,58,64)(H2,55,59,65)(H2,56,60,66). The third-order valence-electron chi connectivity index (χ3n) is 11.6. The second-order valence-corrected chi connectivity index (χ2v) is 18.6. The van der Waals surface area contributed by atoms with Crippen LogP contribution in [0.25, 0.3) is 0 Å². The summed E-state index contributed by atoms with van der Waals surface area (Å²) in [5, 5.41) is 30.3. The van der Waals surface area contributed by atoms with Crippen molar-refractivity contribution < 1.29 is 9.47 Å². The van der Waals surface area contributed by atoms with Crippen LogP contribution in [0.4, 0.5) is 0 Å². The number of thiocarbonyl (C=S) groups is 4. The molecule has 14 heteroatoms. The Morgan fingerprint density at radius 2 is 0.652 bits per heavy atom. The van der Waals surface area contributed by atoms with Crippen LogP contribution in [0.5, 0.6) is 0 Å². The fourth-order valence-electron chi connectivity index (χ4n) is 7.58. The molecule has 0 saturated carbocycles. The van der Waals surface area contributed by atoms with Crippen LogP contribution < -0.4 is 42.5 Å². The van der Waals surface area contributed by atoms with Gasteiger partial charge >= 0.3 is 0 Å². The molecule has 4 heterocycles. The number of unbranched alkanes of at least 4 members (excludes halogenated alkanes) is 2. The molecule has 0 radical (unpaired) electrons. The molecule has 8 N–H and O–H groups in total. The minimum Gasteiger partial charge on any atom is -0.377 e. The number of nitrogens with one attached hydrogen (secondary N) is 8. The molecule has 10 nitrogen and oxygen atoms in total. The number of hydrogen-bond donors (Lipinski definition) is 8. The van der Waals surface area contributed by atoms with Gasteiger partial charge in [-0.3, -0.25) is 0 Å². The maximum Gasteiger partial charge on any atom is 0.166 e. The molecule has 8 rings (SSSR count). The van der Waals surface area contributed by atoms with Gasteiger partial charge in [0.25, 0.3) is 0 Å². The SMILES string of the molecule is S=C1NCCc2ccc(cc2)CCNC(=S)NCC(CCCCOCc2ccccc2)CNC(=S)NCCc2ccc(cc2)CCNC(=S)NCC(CCCCOCc2ccccc2)CN1. The van der Waals surface area contributed by atoms with E-state index in [9.17, 15) is 0 Å². The van der Waals surface area contributed by atoms with E-state index in [0.717, 1.165) is 130 Å². The van der Waals surface area contributed by atoms with Gasteiger partial charge in [0.1, 0.15) is 0 Å². The highest BCUT2D eigenvalue weighted by Crippen LogP contribution is 2.12. The molecular formula is C52H72N8O2S4. The van der Waals surface area contributed by atoms with Gasteiger partial charge in [0.2, 0.25) is 0 Å². The fraction of sp³-hybridized carbons (Fsp3) is 0.462. The zero-order chi connectivity index (χ0) is 46.3. The van der Waals surface area contributed by atoms with Crippen molar-refractivity contribution in [2.75, 3.05) is 65.6 Å². The smallest absolute Gasteiger partial charge is 0.166 e. The van der Waals surface area contributed by atoms with Crippen LogP contribution in [-0.4, -0.2) is 86.0 Å². The molecule has 4 aromatic carbocycles. The lowest BCUT2D eigenvalue weighted by atomic mass is 10.0. The zero-order valence-corrected chi connectivity index (χ0v) is 41.8. The fourth-order valence-corrected chi connectivity index (χ4v) is 8.32. The molecule has 0 fully saturated rings. The molecule has 4 aromatic rings. The molecule has 4 aliphatic rings.